The Labute approximate surface area is 115 Å². The topological polar surface area (TPSA) is 42.7 Å². The average molecular weight is 288 g/mol. The lowest BCUT2D eigenvalue weighted by Crippen LogP contribution is -2.46. The monoisotopic (exact) mass is 288 g/mol. The van der Waals surface area contributed by atoms with Crippen LogP contribution in [0.25, 0.3) is 0 Å². The molecule has 1 unspecified atom stereocenters. The largest absolute Gasteiger partial charge is 0.402 e. The fourth-order valence-electron chi connectivity index (χ4n) is 3.43. The fraction of sp³-hybridized carbons (Fsp3) is 0.846. The molecule has 1 aliphatic heterocycles. The molecule has 2 aliphatic rings. The molecule has 7 heteroatoms. The molecule has 0 radical (unpaired) electrons. The molecule has 2 fully saturated rings. The van der Waals surface area contributed by atoms with Gasteiger partial charge in [-0.3, -0.25) is 4.68 Å². The van der Waals surface area contributed by atoms with Crippen molar-refractivity contribution in [2.24, 2.45) is 7.05 Å². The van der Waals surface area contributed by atoms with Crippen molar-refractivity contribution in [2.75, 3.05) is 13.1 Å². The van der Waals surface area contributed by atoms with Gasteiger partial charge in [-0.05, 0) is 25.8 Å². The van der Waals surface area contributed by atoms with E-state index in [-0.39, 0.29) is 24.7 Å². The van der Waals surface area contributed by atoms with Crippen LogP contribution in [0.1, 0.15) is 49.7 Å². The van der Waals surface area contributed by atoms with Crippen molar-refractivity contribution in [1.82, 2.24) is 20.1 Å². The van der Waals surface area contributed by atoms with Crippen LogP contribution >= 0.6 is 0 Å². The summed E-state index contributed by atoms with van der Waals surface area (Å²) >= 11 is 0. The maximum Gasteiger partial charge on any atom is 0.402 e. The highest BCUT2D eigenvalue weighted by Gasteiger charge is 2.60. The number of aryl methyl sites for hydroxylation is 1. The number of alkyl halides is 3. The Balaban J connectivity index is 1.99. The molecule has 1 N–H and O–H groups in total. The lowest BCUT2D eigenvalue weighted by Gasteiger charge is -2.29. The van der Waals surface area contributed by atoms with Gasteiger partial charge in [0.2, 0.25) is 0 Å². The summed E-state index contributed by atoms with van der Waals surface area (Å²) in [7, 11) is 1.58. The molecule has 112 valence electrons. The molecule has 1 aliphatic carbocycles. The van der Waals surface area contributed by atoms with Crippen molar-refractivity contribution >= 4 is 0 Å². The predicted octanol–water partition coefficient (Wildman–Crippen LogP) is 2.27. The minimum absolute atomic E-state index is 0.0349. The summed E-state index contributed by atoms with van der Waals surface area (Å²) in [5.74, 6) is 0.891. The Hall–Kier alpha value is -1.11. The molecule has 2 heterocycles. The van der Waals surface area contributed by atoms with Crippen molar-refractivity contribution in [3.63, 3.8) is 0 Å². The van der Waals surface area contributed by atoms with E-state index in [0.717, 1.165) is 25.7 Å². The van der Waals surface area contributed by atoms with Crippen LogP contribution in [-0.4, -0.2) is 34.0 Å². The first-order valence-electron chi connectivity index (χ1n) is 7.13. The Kier molecular flexibility index (Phi) is 3.27. The molecule has 1 saturated carbocycles. The molecule has 0 aromatic carbocycles. The number of rotatable bonds is 2. The molecule has 1 atom stereocenters. The molecule has 1 saturated heterocycles. The molecule has 0 spiro atoms. The van der Waals surface area contributed by atoms with Gasteiger partial charge in [0.05, 0.1) is 0 Å². The first kappa shape index (κ1) is 13.9. The lowest BCUT2D eigenvalue weighted by atomic mass is 9.85. The summed E-state index contributed by atoms with van der Waals surface area (Å²) in [4.78, 5) is 4.30. The van der Waals surface area contributed by atoms with Crippen LogP contribution in [0, 0.1) is 0 Å². The highest BCUT2D eigenvalue weighted by molar-refractivity contribution is 5.19. The molecule has 0 bridgehead atoms. The van der Waals surface area contributed by atoms with E-state index >= 15 is 0 Å². The number of hydrogen-bond donors (Lipinski definition) is 1. The van der Waals surface area contributed by atoms with Gasteiger partial charge in [-0.15, -0.1) is 0 Å². The van der Waals surface area contributed by atoms with E-state index < -0.39 is 11.6 Å². The highest BCUT2D eigenvalue weighted by atomic mass is 19.4. The third kappa shape index (κ3) is 2.03. The third-order valence-corrected chi connectivity index (χ3v) is 4.63. The maximum absolute atomic E-state index is 13.5. The molecule has 0 amide bonds. The average Bonchev–Trinajstić information content (AvgIpc) is 3.07. The first-order valence-corrected chi connectivity index (χ1v) is 7.13. The van der Waals surface area contributed by atoms with Gasteiger partial charge in [0.1, 0.15) is 11.2 Å². The Morgan fingerprint density at radius 1 is 1.30 bits per heavy atom. The van der Waals surface area contributed by atoms with E-state index in [1.807, 2.05) is 0 Å². The van der Waals surface area contributed by atoms with Crippen molar-refractivity contribution in [1.29, 1.82) is 0 Å². The second-order valence-corrected chi connectivity index (χ2v) is 5.91. The van der Waals surface area contributed by atoms with E-state index in [0.29, 0.717) is 12.4 Å². The van der Waals surface area contributed by atoms with Gasteiger partial charge in [-0.1, -0.05) is 12.8 Å². The number of nitrogens with one attached hydrogen (secondary N) is 1. The molecule has 4 nitrogen and oxygen atoms in total. The van der Waals surface area contributed by atoms with Gasteiger partial charge >= 0.3 is 6.18 Å². The van der Waals surface area contributed by atoms with Gasteiger partial charge in [0.15, 0.2) is 5.82 Å². The Bertz CT molecular complexity index is 482. The van der Waals surface area contributed by atoms with E-state index in [2.05, 4.69) is 15.4 Å². The molecule has 20 heavy (non-hydrogen) atoms. The van der Waals surface area contributed by atoms with Crippen LogP contribution in [0.15, 0.2) is 0 Å². The zero-order valence-corrected chi connectivity index (χ0v) is 11.5. The Morgan fingerprint density at radius 2 is 2.00 bits per heavy atom. The van der Waals surface area contributed by atoms with E-state index in [1.54, 1.807) is 7.05 Å². The summed E-state index contributed by atoms with van der Waals surface area (Å²) < 4.78 is 42.0. The van der Waals surface area contributed by atoms with Crippen molar-refractivity contribution < 1.29 is 13.2 Å². The predicted molar refractivity (Wildman–Crippen MR) is 67.4 cm³/mol. The van der Waals surface area contributed by atoms with E-state index in [9.17, 15) is 13.2 Å². The van der Waals surface area contributed by atoms with Gasteiger partial charge in [0.25, 0.3) is 0 Å². The van der Waals surface area contributed by atoms with Gasteiger partial charge in [-0.2, -0.15) is 18.3 Å². The molecule has 1 aromatic heterocycles. The Morgan fingerprint density at radius 3 is 2.55 bits per heavy atom. The van der Waals surface area contributed by atoms with E-state index in [1.165, 1.54) is 4.68 Å². The SMILES string of the molecule is Cn1nc(C2CCCC2)nc1C1(C(F)(F)F)CCNC1. The lowest BCUT2D eigenvalue weighted by molar-refractivity contribution is -0.187. The highest BCUT2D eigenvalue weighted by Crippen LogP contribution is 2.45. The van der Waals surface area contributed by atoms with E-state index in [4.69, 9.17) is 0 Å². The summed E-state index contributed by atoms with van der Waals surface area (Å²) in [6.07, 6.45) is -0.0622. The van der Waals surface area contributed by atoms with Crippen molar-refractivity contribution in [3.8, 4) is 0 Å². The zero-order chi connectivity index (χ0) is 14.4. The minimum Gasteiger partial charge on any atom is -0.315 e. The smallest absolute Gasteiger partial charge is 0.315 e. The fourth-order valence-corrected chi connectivity index (χ4v) is 3.43. The molecule has 1 aromatic rings. The number of halogens is 3. The first-order chi connectivity index (χ1) is 9.44. The second kappa shape index (κ2) is 4.72. The van der Waals surface area contributed by atoms with Crippen LogP contribution in [-0.2, 0) is 12.5 Å². The van der Waals surface area contributed by atoms with Gasteiger partial charge in [0, 0.05) is 19.5 Å². The normalized spacial score (nSPS) is 28.4. The number of hydrogen-bond acceptors (Lipinski definition) is 3. The van der Waals surface area contributed by atoms with Gasteiger partial charge in [-0.25, -0.2) is 4.98 Å². The van der Waals surface area contributed by atoms with Crippen molar-refractivity contribution in [2.45, 2.75) is 49.6 Å². The third-order valence-electron chi connectivity index (χ3n) is 4.63. The van der Waals surface area contributed by atoms with Gasteiger partial charge < -0.3 is 5.32 Å². The maximum atomic E-state index is 13.5. The summed E-state index contributed by atoms with van der Waals surface area (Å²) in [5.41, 5.74) is -1.88. The zero-order valence-electron chi connectivity index (χ0n) is 11.5. The van der Waals surface area contributed by atoms with Crippen LogP contribution in [0.2, 0.25) is 0 Å². The standard InChI is InChI=1S/C13H19F3N4/c1-20-11(12(13(14,15)16)6-7-17-8-12)18-10(19-20)9-4-2-3-5-9/h9,17H,2-8H2,1H3. The van der Waals surface area contributed by atoms with Crippen LogP contribution in [0.4, 0.5) is 13.2 Å². The number of nitrogens with zero attached hydrogens (tertiary/aromatic N) is 3. The van der Waals surface area contributed by atoms with Crippen LogP contribution in [0.5, 0.6) is 0 Å². The van der Waals surface area contributed by atoms with Crippen molar-refractivity contribution in [3.05, 3.63) is 11.6 Å². The summed E-state index contributed by atoms with van der Waals surface area (Å²) in [6, 6.07) is 0. The molecular formula is C13H19F3N4. The van der Waals surface area contributed by atoms with Crippen LogP contribution < -0.4 is 5.32 Å². The van der Waals surface area contributed by atoms with Crippen LogP contribution in [0.3, 0.4) is 0 Å². The summed E-state index contributed by atoms with van der Waals surface area (Å²) in [6.45, 7) is 0.262. The second-order valence-electron chi connectivity index (χ2n) is 5.91. The molecule has 3 rings (SSSR count). The number of aromatic nitrogens is 3. The quantitative estimate of drug-likeness (QED) is 0.908. The summed E-state index contributed by atoms with van der Waals surface area (Å²) in [5, 5.41) is 7.10. The molecular weight excluding hydrogens is 269 g/mol. The minimum atomic E-state index is -4.30.